The molecule has 0 bridgehead atoms. The summed E-state index contributed by atoms with van der Waals surface area (Å²) in [5.74, 6) is 1.83. The second-order valence-corrected chi connectivity index (χ2v) is 8.03. The molecule has 28 heavy (non-hydrogen) atoms. The van der Waals surface area contributed by atoms with Crippen LogP contribution in [0.4, 0.5) is 5.69 Å². The molecule has 2 aromatic carbocycles. The minimum Gasteiger partial charge on any atom is -0.378 e. The van der Waals surface area contributed by atoms with Crippen molar-refractivity contribution in [3.63, 3.8) is 0 Å². The first kappa shape index (κ1) is 17.7. The minimum absolute atomic E-state index is 0.0124. The fraction of sp³-hybridized carbons (Fsp3) is 0.364. The van der Waals surface area contributed by atoms with Gasteiger partial charge in [-0.2, -0.15) is 0 Å². The number of morpholine rings is 1. The molecule has 5 nitrogen and oxygen atoms in total. The topological polar surface area (TPSA) is 43.2 Å². The van der Waals surface area contributed by atoms with Gasteiger partial charge in [0.25, 0.3) is 0 Å². The van der Waals surface area contributed by atoms with Gasteiger partial charge in [0.1, 0.15) is 5.82 Å². The average Bonchev–Trinajstić information content (AvgIpc) is 3.46. The first-order chi connectivity index (χ1) is 13.7. The molecule has 0 radical (unpaired) electrons. The third kappa shape index (κ3) is 2.90. The van der Waals surface area contributed by atoms with Crippen LogP contribution in [0.1, 0.15) is 24.2 Å². The van der Waals surface area contributed by atoms with Gasteiger partial charge >= 0.3 is 0 Å². The highest BCUT2D eigenvalue weighted by Gasteiger charge is 2.49. The molecule has 0 atom stereocenters. The van der Waals surface area contributed by atoms with E-state index < -0.39 is 0 Å². The number of rotatable bonds is 4. The molecule has 1 saturated carbocycles. The molecule has 0 amide bonds. The predicted octanol–water partition coefficient (Wildman–Crippen LogP) is 4.05. The molecule has 0 N–H and O–H groups in total. The summed E-state index contributed by atoms with van der Waals surface area (Å²) in [7, 11) is 2.04. The third-order valence-corrected chi connectivity index (χ3v) is 6.26. The normalized spacial score (nSPS) is 18.3. The summed E-state index contributed by atoms with van der Waals surface area (Å²) in [5, 5.41) is 9.80. The Balaban J connectivity index is 1.48. The smallest absolute Gasteiger partial charge is 0.165 e. The molecular weight excluding hydrogens is 372 g/mol. The van der Waals surface area contributed by atoms with Crippen LogP contribution in [0.2, 0.25) is 5.02 Å². The maximum Gasteiger partial charge on any atom is 0.165 e. The van der Waals surface area contributed by atoms with Crippen molar-refractivity contribution in [2.45, 2.75) is 18.3 Å². The van der Waals surface area contributed by atoms with E-state index in [0.717, 1.165) is 62.0 Å². The van der Waals surface area contributed by atoms with Crippen LogP contribution in [-0.2, 0) is 17.2 Å². The maximum absolute atomic E-state index is 6.67. The van der Waals surface area contributed by atoms with E-state index in [1.165, 1.54) is 5.56 Å². The van der Waals surface area contributed by atoms with E-state index >= 15 is 0 Å². The fourth-order valence-corrected chi connectivity index (χ4v) is 4.47. The van der Waals surface area contributed by atoms with Gasteiger partial charge in [0.15, 0.2) is 5.82 Å². The molecule has 0 unspecified atom stereocenters. The number of hydrogen-bond acceptors (Lipinski definition) is 4. The maximum atomic E-state index is 6.67. The molecule has 0 spiro atoms. The summed E-state index contributed by atoms with van der Waals surface area (Å²) in [5.41, 5.74) is 3.35. The van der Waals surface area contributed by atoms with E-state index in [-0.39, 0.29) is 5.41 Å². The van der Waals surface area contributed by atoms with Gasteiger partial charge in [-0.05, 0) is 36.6 Å². The van der Waals surface area contributed by atoms with Gasteiger partial charge in [0.05, 0.1) is 23.7 Å². The van der Waals surface area contributed by atoms with Crippen LogP contribution in [0, 0.1) is 0 Å². The molecule has 1 aliphatic heterocycles. The molecule has 5 rings (SSSR count). The van der Waals surface area contributed by atoms with Gasteiger partial charge in [-0.15, -0.1) is 10.2 Å². The van der Waals surface area contributed by atoms with Crippen molar-refractivity contribution in [3.8, 4) is 11.4 Å². The van der Waals surface area contributed by atoms with Crippen LogP contribution in [0.25, 0.3) is 11.4 Å². The van der Waals surface area contributed by atoms with Gasteiger partial charge in [0.2, 0.25) is 0 Å². The van der Waals surface area contributed by atoms with Crippen molar-refractivity contribution in [1.82, 2.24) is 14.8 Å². The number of halogens is 1. The highest BCUT2D eigenvalue weighted by Crippen LogP contribution is 2.53. The SMILES string of the molecule is Cn1c(-c2ccc(N3CCOCC3)cc2Cl)nnc1C1(c2ccccc2)CC1. The molecule has 2 aliphatic rings. The first-order valence-corrected chi connectivity index (χ1v) is 10.1. The van der Waals surface area contributed by atoms with Crippen molar-refractivity contribution in [2.75, 3.05) is 31.2 Å². The van der Waals surface area contributed by atoms with E-state index in [9.17, 15) is 0 Å². The number of hydrogen-bond donors (Lipinski definition) is 0. The molecule has 1 saturated heterocycles. The van der Waals surface area contributed by atoms with Gasteiger partial charge < -0.3 is 14.2 Å². The zero-order valence-electron chi connectivity index (χ0n) is 15.9. The number of benzene rings is 2. The van der Waals surface area contributed by atoms with Crippen LogP contribution in [-0.4, -0.2) is 41.1 Å². The first-order valence-electron chi connectivity index (χ1n) is 9.77. The highest BCUT2D eigenvalue weighted by molar-refractivity contribution is 6.33. The Kier molecular flexibility index (Phi) is 4.37. The van der Waals surface area contributed by atoms with Crippen LogP contribution in [0.5, 0.6) is 0 Å². The van der Waals surface area contributed by atoms with Gasteiger partial charge in [0, 0.05) is 31.4 Å². The van der Waals surface area contributed by atoms with Gasteiger partial charge in [-0.1, -0.05) is 41.9 Å². The summed E-state index contributed by atoms with van der Waals surface area (Å²) in [6.45, 7) is 3.30. The van der Waals surface area contributed by atoms with Crippen molar-refractivity contribution in [1.29, 1.82) is 0 Å². The Bertz CT molecular complexity index is 991. The second-order valence-electron chi connectivity index (χ2n) is 7.62. The van der Waals surface area contributed by atoms with Crippen LogP contribution >= 0.6 is 11.6 Å². The molecular formula is C22H23ClN4O. The largest absolute Gasteiger partial charge is 0.378 e. The highest BCUT2D eigenvalue weighted by atomic mass is 35.5. The summed E-state index contributed by atoms with van der Waals surface area (Å²) in [6.07, 6.45) is 2.21. The molecule has 2 fully saturated rings. The van der Waals surface area contributed by atoms with E-state index in [2.05, 4.69) is 62.1 Å². The van der Waals surface area contributed by atoms with E-state index in [1.807, 2.05) is 13.1 Å². The predicted molar refractivity (Wildman–Crippen MR) is 111 cm³/mol. The lowest BCUT2D eigenvalue weighted by atomic mass is 9.95. The van der Waals surface area contributed by atoms with Crippen molar-refractivity contribution < 1.29 is 4.74 Å². The number of aromatic nitrogens is 3. The molecule has 144 valence electrons. The summed E-state index contributed by atoms with van der Waals surface area (Å²) < 4.78 is 7.55. The zero-order valence-corrected chi connectivity index (χ0v) is 16.7. The fourth-order valence-electron chi connectivity index (χ4n) is 4.21. The Morgan fingerprint density at radius 1 is 1.00 bits per heavy atom. The van der Waals surface area contributed by atoms with E-state index in [4.69, 9.17) is 16.3 Å². The van der Waals surface area contributed by atoms with Crippen LogP contribution in [0.15, 0.2) is 48.5 Å². The number of anilines is 1. The third-order valence-electron chi connectivity index (χ3n) is 5.95. The second kappa shape index (κ2) is 6.90. The van der Waals surface area contributed by atoms with Gasteiger partial charge in [-0.3, -0.25) is 0 Å². The van der Waals surface area contributed by atoms with Crippen molar-refractivity contribution in [2.24, 2.45) is 7.05 Å². The Labute approximate surface area is 169 Å². The molecule has 1 aliphatic carbocycles. The van der Waals surface area contributed by atoms with Crippen LogP contribution < -0.4 is 4.90 Å². The molecule has 2 heterocycles. The molecule has 1 aromatic heterocycles. The minimum atomic E-state index is -0.0124. The van der Waals surface area contributed by atoms with E-state index in [1.54, 1.807) is 0 Å². The number of ether oxygens (including phenoxy) is 1. The Hall–Kier alpha value is -2.37. The van der Waals surface area contributed by atoms with Crippen LogP contribution in [0.3, 0.4) is 0 Å². The lowest BCUT2D eigenvalue weighted by Crippen LogP contribution is -2.36. The zero-order chi connectivity index (χ0) is 19.1. The summed E-state index contributed by atoms with van der Waals surface area (Å²) in [4.78, 5) is 2.30. The molecule has 6 heteroatoms. The Morgan fingerprint density at radius 3 is 2.43 bits per heavy atom. The Morgan fingerprint density at radius 2 is 1.75 bits per heavy atom. The quantitative estimate of drug-likeness (QED) is 0.669. The lowest BCUT2D eigenvalue weighted by Gasteiger charge is -2.29. The summed E-state index contributed by atoms with van der Waals surface area (Å²) in [6, 6.07) is 16.8. The summed E-state index contributed by atoms with van der Waals surface area (Å²) >= 11 is 6.67. The van der Waals surface area contributed by atoms with Crippen molar-refractivity contribution in [3.05, 3.63) is 64.9 Å². The van der Waals surface area contributed by atoms with E-state index in [0.29, 0.717) is 5.02 Å². The van der Waals surface area contributed by atoms with Crippen molar-refractivity contribution >= 4 is 17.3 Å². The van der Waals surface area contributed by atoms with Gasteiger partial charge in [-0.25, -0.2) is 0 Å². The molecule has 3 aromatic rings. The standard InChI is InChI=1S/C22H23ClN4O/c1-26-20(18-8-7-17(15-19(18)23)27-11-13-28-14-12-27)24-25-21(26)22(9-10-22)16-5-3-2-4-6-16/h2-8,15H,9-14H2,1H3. The average molecular weight is 395 g/mol. The number of nitrogens with zero attached hydrogens (tertiary/aromatic N) is 4. The monoisotopic (exact) mass is 394 g/mol. The lowest BCUT2D eigenvalue weighted by molar-refractivity contribution is 0.122.